The Balaban J connectivity index is 2.62. The largest absolute Gasteiger partial charge is 0.549 e. The molecule has 20 heavy (non-hydrogen) atoms. The number of benzene rings is 1. The molecule has 0 unspecified atom stereocenters. The number of hydrogen-bond donors (Lipinski definition) is 0. The summed E-state index contributed by atoms with van der Waals surface area (Å²) in [5, 5.41) is 10.9. The zero-order valence-electron chi connectivity index (χ0n) is 12.8. The van der Waals surface area contributed by atoms with E-state index >= 15 is 0 Å². The molecule has 0 N–H and O–H groups in total. The molecule has 0 amide bonds. The first-order valence-electron chi connectivity index (χ1n) is 6.70. The molecule has 0 saturated carbocycles. The molecule has 0 heterocycles. The smallest absolute Gasteiger partial charge is 0.269 e. The topological polar surface area (TPSA) is 52.4 Å². The van der Waals surface area contributed by atoms with Crippen LogP contribution in [0.3, 0.4) is 0 Å². The van der Waals surface area contributed by atoms with Crippen LogP contribution in [0, 0.1) is 10.1 Å². The summed E-state index contributed by atoms with van der Waals surface area (Å²) < 4.78 is 5.92. The van der Waals surface area contributed by atoms with E-state index in [2.05, 4.69) is 33.9 Å². The van der Waals surface area contributed by atoms with E-state index in [-0.39, 0.29) is 15.6 Å². The van der Waals surface area contributed by atoms with Crippen LogP contribution in [0.1, 0.15) is 26.3 Å². The van der Waals surface area contributed by atoms with Crippen molar-refractivity contribution in [3.8, 4) is 0 Å². The predicted octanol–water partition coefficient (Wildman–Crippen LogP) is 4.67. The summed E-state index contributed by atoms with van der Waals surface area (Å²) in [5.74, 6) is 0. The van der Waals surface area contributed by atoms with E-state index in [0.29, 0.717) is 6.42 Å². The van der Waals surface area contributed by atoms with Crippen molar-refractivity contribution in [3.63, 3.8) is 0 Å². The molecular formula is C15H23NO3Si. The number of allylic oxidation sites excluding steroid dienone is 1. The van der Waals surface area contributed by atoms with Crippen LogP contribution >= 0.6 is 0 Å². The van der Waals surface area contributed by atoms with Gasteiger partial charge in [0, 0.05) is 12.1 Å². The molecule has 0 aliphatic heterocycles. The third-order valence-electron chi connectivity index (χ3n) is 3.74. The molecule has 4 nitrogen and oxygen atoms in total. The van der Waals surface area contributed by atoms with E-state index in [1.54, 1.807) is 18.4 Å². The van der Waals surface area contributed by atoms with Gasteiger partial charge in [0.25, 0.3) is 5.69 Å². The predicted molar refractivity (Wildman–Crippen MR) is 84.2 cm³/mol. The Kier molecular flexibility index (Phi) is 5.11. The fourth-order valence-corrected chi connectivity index (χ4v) is 2.17. The summed E-state index contributed by atoms with van der Waals surface area (Å²) in [6.07, 6.45) is 4.30. The summed E-state index contributed by atoms with van der Waals surface area (Å²) in [4.78, 5) is 10.3. The van der Waals surface area contributed by atoms with Crippen molar-refractivity contribution in [2.24, 2.45) is 0 Å². The highest BCUT2D eigenvalue weighted by molar-refractivity contribution is 6.74. The Hall–Kier alpha value is -1.62. The lowest BCUT2D eigenvalue weighted by Crippen LogP contribution is -2.39. The maximum absolute atomic E-state index is 10.7. The molecule has 0 bridgehead atoms. The summed E-state index contributed by atoms with van der Waals surface area (Å²) >= 11 is 0. The first-order chi connectivity index (χ1) is 9.13. The molecule has 110 valence electrons. The van der Waals surface area contributed by atoms with Crippen molar-refractivity contribution in [2.45, 2.75) is 45.3 Å². The molecule has 5 heteroatoms. The van der Waals surface area contributed by atoms with Gasteiger partial charge < -0.3 is 4.43 Å². The molecule has 0 aliphatic rings. The van der Waals surface area contributed by atoms with E-state index in [0.717, 1.165) is 5.56 Å². The zero-order valence-corrected chi connectivity index (χ0v) is 13.8. The zero-order chi connectivity index (χ0) is 15.4. The van der Waals surface area contributed by atoms with E-state index in [4.69, 9.17) is 4.43 Å². The fraction of sp³-hybridized carbons (Fsp3) is 0.467. The quantitative estimate of drug-likeness (QED) is 0.343. The Bertz CT molecular complexity index is 504. The summed E-state index contributed by atoms with van der Waals surface area (Å²) in [6.45, 7) is 10.9. The highest BCUT2D eigenvalue weighted by Gasteiger charge is 2.37. The van der Waals surface area contributed by atoms with Gasteiger partial charge >= 0.3 is 0 Å². The SMILES string of the molecule is CC(C)(C)[Si](C)(C)OC=CCc1cccc([N+](=O)[O-])c1. The standard InChI is InChI=1S/C15H23NO3Si/c1-15(2,3)20(4,5)19-11-7-9-13-8-6-10-14(12-13)16(17)18/h6-8,10-12H,9H2,1-5H3. The van der Waals surface area contributed by atoms with Gasteiger partial charge in [0.15, 0.2) is 0 Å². The first-order valence-corrected chi connectivity index (χ1v) is 9.60. The van der Waals surface area contributed by atoms with Crippen molar-refractivity contribution >= 4 is 14.0 Å². The molecule has 1 aromatic rings. The van der Waals surface area contributed by atoms with Gasteiger partial charge in [0.1, 0.15) is 0 Å². The molecule has 0 fully saturated rings. The number of non-ortho nitro benzene ring substituents is 1. The third-order valence-corrected chi connectivity index (χ3v) is 8.08. The van der Waals surface area contributed by atoms with Gasteiger partial charge in [0.05, 0.1) is 11.2 Å². The summed E-state index contributed by atoms with van der Waals surface area (Å²) in [5.41, 5.74) is 1.04. The van der Waals surface area contributed by atoms with E-state index in [1.807, 2.05) is 12.1 Å². The van der Waals surface area contributed by atoms with Crippen molar-refractivity contribution in [1.82, 2.24) is 0 Å². The average molecular weight is 293 g/mol. The van der Waals surface area contributed by atoms with E-state index < -0.39 is 8.32 Å². The molecule has 1 rings (SSSR count). The minimum absolute atomic E-state index is 0.126. The van der Waals surface area contributed by atoms with Crippen LogP contribution < -0.4 is 0 Å². The normalized spacial score (nSPS) is 12.7. The van der Waals surface area contributed by atoms with Crippen molar-refractivity contribution in [3.05, 3.63) is 52.3 Å². The van der Waals surface area contributed by atoms with Gasteiger partial charge in [-0.05, 0) is 36.2 Å². The Morgan fingerprint density at radius 1 is 1.35 bits per heavy atom. The Labute approximate surface area is 121 Å². The highest BCUT2D eigenvalue weighted by atomic mass is 28.4. The monoisotopic (exact) mass is 293 g/mol. The van der Waals surface area contributed by atoms with E-state index in [1.165, 1.54) is 6.07 Å². The van der Waals surface area contributed by atoms with E-state index in [9.17, 15) is 10.1 Å². The second-order valence-electron chi connectivity index (χ2n) is 6.38. The Morgan fingerprint density at radius 3 is 2.55 bits per heavy atom. The molecule has 0 atom stereocenters. The number of nitrogens with zero attached hydrogens (tertiary/aromatic N) is 1. The molecule has 1 aromatic carbocycles. The van der Waals surface area contributed by atoms with Crippen LogP contribution in [0.25, 0.3) is 0 Å². The first kappa shape index (κ1) is 16.4. The number of nitro benzene ring substituents is 1. The van der Waals surface area contributed by atoms with Crippen molar-refractivity contribution < 1.29 is 9.35 Å². The summed E-state index contributed by atoms with van der Waals surface area (Å²) in [7, 11) is -1.77. The van der Waals surface area contributed by atoms with Gasteiger partial charge in [-0.25, -0.2) is 0 Å². The lowest BCUT2D eigenvalue weighted by Gasteiger charge is -2.34. The number of rotatable bonds is 5. The molecule has 0 saturated heterocycles. The maximum Gasteiger partial charge on any atom is 0.269 e. The minimum Gasteiger partial charge on any atom is -0.549 e. The van der Waals surface area contributed by atoms with Crippen LogP contribution in [-0.2, 0) is 10.8 Å². The molecule has 0 spiro atoms. The minimum atomic E-state index is -1.77. The van der Waals surface area contributed by atoms with Crippen molar-refractivity contribution in [1.29, 1.82) is 0 Å². The molecule has 0 radical (unpaired) electrons. The molecular weight excluding hydrogens is 270 g/mol. The van der Waals surface area contributed by atoms with Gasteiger partial charge in [0.2, 0.25) is 8.32 Å². The second-order valence-corrected chi connectivity index (χ2v) is 11.1. The van der Waals surface area contributed by atoms with Crippen molar-refractivity contribution in [2.75, 3.05) is 0 Å². The number of hydrogen-bond acceptors (Lipinski definition) is 3. The summed E-state index contributed by atoms with van der Waals surface area (Å²) in [6, 6.07) is 6.68. The maximum atomic E-state index is 10.7. The molecule has 0 aromatic heterocycles. The van der Waals surface area contributed by atoms with Gasteiger partial charge in [-0.1, -0.05) is 32.9 Å². The van der Waals surface area contributed by atoms with Crippen LogP contribution in [0.4, 0.5) is 5.69 Å². The number of nitro groups is 1. The van der Waals surface area contributed by atoms with Crippen LogP contribution in [0.2, 0.25) is 18.1 Å². The van der Waals surface area contributed by atoms with Crippen LogP contribution in [0.15, 0.2) is 36.6 Å². The Morgan fingerprint density at radius 2 is 2.00 bits per heavy atom. The lowest BCUT2D eigenvalue weighted by atomic mass is 10.1. The second kappa shape index (κ2) is 6.22. The van der Waals surface area contributed by atoms with Crippen LogP contribution in [-0.4, -0.2) is 13.2 Å². The fourth-order valence-electron chi connectivity index (χ4n) is 1.38. The third kappa shape index (κ3) is 4.49. The van der Waals surface area contributed by atoms with Gasteiger partial charge in [-0.15, -0.1) is 0 Å². The van der Waals surface area contributed by atoms with Gasteiger partial charge in [-0.3, -0.25) is 10.1 Å². The average Bonchev–Trinajstić information content (AvgIpc) is 2.33. The van der Waals surface area contributed by atoms with Crippen LogP contribution in [0.5, 0.6) is 0 Å². The highest BCUT2D eigenvalue weighted by Crippen LogP contribution is 2.36. The van der Waals surface area contributed by atoms with Gasteiger partial charge in [-0.2, -0.15) is 0 Å². The molecule has 0 aliphatic carbocycles. The lowest BCUT2D eigenvalue weighted by molar-refractivity contribution is -0.384.